The number of hydrogen-bond donors (Lipinski definition) is 1. The molecule has 0 saturated carbocycles. The van der Waals surface area contributed by atoms with Crippen LogP contribution in [0.2, 0.25) is 0 Å². The van der Waals surface area contributed by atoms with Crippen molar-refractivity contribution in [1.29, 1.82) is 0 Å². The van der Waals surface area contributed by atoms with Gasteiger partial charge in [0.1, 0.15) is 11.6 Å². The molecule has 1 aliphatic rings. The molecule has 0 spiro atoms. The van der Waals surface area contributed by atoms with Crippen molar-refractivity contribution >= 4 is 0 Å². The minimum absolute atomic E-state index is 0.359. The molecule has 1 fully saturated rings. The summed E-state index contributed by atoms with van der Waals surface area (Å²) in [7, 11) is 0. The van der Waals surface area contributed by atoms with Gasteiger partial charge >= 0.3 is 0 Å². The zero-order valence-corrected chi connectivity index (χ0v) is 11.0. The van der Waals surface area contributed by atoms with E-state index in [9.17, 15) is 8.78 Å². The van der Waals surface area contributed by atoms with Crippen LogP contribution < -0.4 is 5.32 Å². The molecule has 1 saturated heterocycles. The van der Waals surface area contributed by atoms with E-state index >= 15 is 0 Å². The monoisotopic (exact) mass is 270 g/mol. The Bertz CT molecular complexity index is 395. The molecule has 5 heteroatoms. The summed E-state index contributed by atoms with van der Waals surface area (Å²) >= 11 is 0. The summed E-state index contributed by atoms with van der Waals surface area (Å²) in [5.74, 6) is -0.756. The highest BCUT2D eigenvalue weighted by atomic mass is 19.1. The van der Waals surface area contributed by atoms with Crippen molar-refractivity contribution in [1.82, 2.24) is 10.2 Å². The summed E-state index contributed by atoms with van der Waals surface area (Å²) in [4.78, 5) is 2.36. The molecule has 0 bridgehead atoms. The van der Waals surface area contributed by atoms with Gasteiger partial charge in [0.25, 0.3) is 0 Å². The zero-order valence-electron chi connectivity index (χ0n) is 11.0. The van der Waals surface area contributed by atoms with E-state index in [2.05, 4.69) is 10.2 Å². The molecule has 0 atom stereocenters. The van der Waals surface area contributed by atoms with Gasteiger partial charge in [0, 0.05) is 25.2 Å². The second kappa shape index (κ2) is 7.53. The molecule has 106 valence electrons. The van der Waals surface area contributed by atoms with Crippen molar-refractivity contribution in [2.45, 2.75) is 13.0 Å². The molecule has 19 heavy (non-hydrogen) atoms. The molecule has 0 amide bonds. The SMILES string of the molecule is Fc1ccc(F)c(CNCCCN2CCOCC2)c1. The fourth-order valence-electron chi connectivity index (χ4n) is 2.15. The van der Waals surface area contributed by atoms with Gasteiger partial charge in [-0.05, 0) is 37.7 Å². The van der Waals surface area contributed by atoms with Gasteiger partial charge in [-0.25, -0.2) is 8.78 Å². The maximum absolute atomic E-state index is 13.3. The summed E-state index contributed by atoms with van der Waals surface area (Å²) in [6.07, 6.45) is 0.997. The Balaban J connectivity index is 1.62. The number of ether oxygens (including phenoxy) is 1. The lowest BCUT2D eigenvalue weighted by atomic mass is 10.2. The molecule has 3 nitrogen and oxygen atoms in total. The normalized spacial score (nSPS) is 16.7. The minimum Gasteiger partial charge on any atom is -0.379 e. The third-order valence-corrected chi connectivity index (χ3v) is 3.25. The Hall–Kier alpha value is -1.04. The van der Waals surface area contributed by atoms with Crippen LogP contribution in [-0.2, 0) is 11.3 Å². The lowest BCUT2D eigenvalue weighted by molar-refractivity contribution is 0.0374. The molecule has 1 aromatic rings. The predicted molar refractivity (Wildman–Crippen MR) is 69.9 cm³/mol. The van der Waals surface area contributed by atoms with Crippen LogP contribution in [0, 0.1) is 11.6 Å². The van der Waals surface area contributed by atoms with Crippen molar-refractivity contribution in [3.63, 3.8) is 0 Å². The molecule has 0 unspecified atom stereocenters. The summed E-state index contributed by atoms with van der Waals surface area (Å²) in [5.41, 5.74) is 0.381. The van der Waals surface area contributed by atoms with E-state index in [1.165, 1.54) is 12.1 Å². The first-order valence-electron chi connectivity index (χ1n) is 6.70. The van der Waals surface area contributed by atoms with Crippen LogP contribution in [-0.4, -0.2) is 44.3 Å². The maximum atomic E-state index is 13.3. The predicted octanol–water partition coefficient (Wildman–Crippen LogP) is 1.78. The smallest absolute Gasteiger partial charge is 0.127 e. The Kier molecular flexibility index (Phi) is 5.69. The maximum Gasteiger partial charge on any atom is 0.127 e. The van der Waals surface area contributed by atoms with Crippen LogP contribution in [0.3, 0.4) is 0 Å². The number of halogens is 2. The van der Waals surface area contributed by atoms with Crippen molar-refractivity contribution < 1.29 is 13.5 Å². The van der Waals surface area contributed by atoms with Gasteiger partial charge in [0.15, 0.2) is 0 Å². The van der Waals surface area contributed by atoms with E-state index in [0.29, 0.717) is 12.1 Å². The third-order valence-electron chi connectivity index (χ3n) is 3.25. The number of hydrogen-bond acceptors (Lipinski definition) is 3. The van der Waals surface area contributed by atoms with Crippen molar-refractivity contribution in [3.8, 4) is 0 Å². The number of morpholine rings is 1. The molecule has 1 aromatic carbocycles. The molecular weight excluding hydrogens is 250 g/mol. The van der Waals surface area contributed by atoms with E-state index in [1.807, 2.05) is 0 Å². The quantitative estimate of drug-likeness (QED) is 0.797. The van der Waals surface area contributed by atoms with Crippen LogP contribution in [0.25, 0.3) is 0 Å². The van der Waals surface area contributed by atoms with Crippen LogP contribution in [0.1, 0.15) is 12.0 Å². The van der Waals surface area contributed by atoms with E-state index in [0.717, 1.165) is 51.9 Å². The lowest BCUT2D eigenvalue weighted by Crippen LogP contribution is -2.37. The molecular formula is C14H20F2N2O. The largest absolute Gasteiger partial charge is 0.379 e. The van der Waals surface area contributed by atoms with Gasteiger partial charge in [0.05, 0.1) is 13.2 Å². The first-order valence-corrected chi connectivity index (χ1v) is 6.70. The first kappa shape index (κ1) is 14.4. The second-order valence-electron chi connectivity index (χ2n) is 4.72. The van der Waals surface area contributed by atoms with Crippen molar-refractivity contribution in [2.75, 3.05) is 39.4 Å². The fourth-order valence-corrected chi connectivity index (χ4v) is 2.15. The Morgan fingerprint density at radius 3 is 2.79 bits per heavy atom. The number of nitrogens with zero attached hydrogens (tertiary/aromatic N) is 1. The van der Waals surface area contributed by atoms with Gasteiger partial charge in [-0.3, -0.25) is 4.90 Å². The Morgan fingerprint density at radius 2 is 2.00 bits per heavy atom. The van der Waals surface area contributed by atoms with Gasteiger partial charge in [-0.1, -0.05) is 0 Å². The van der Waals surface area contributed by atoms with Crippen LogP contribution in [0.15, 0.2) is 18.2 Å². The average Bonchev–Trinajstić information content (AvgIpc) is 2.43. The van der Waals surface area contributed by atoms with Gasteiger partial charge in [-0.2, -0.15) is 0 Å². The molecule has 1 N–H and O–H groups in total. The van der Waals surface area contributed by atoms with Crippen molar-refractivity contribution in [3.05, 3.63) is 35.4 Å². The number of benzene rings is 1. The minimum atomic E-state index is -0.397. The average molecular weight is 270 g/mol. The first-order chi connectivity index (χ1) is 9.25. The summed E-state index contributed by atoms with van der Waals surface area (Å²) in [6.45, 7) is 5.77. The van der Waals surface area contributed by atoms with E-state index in [1.54, 1.807) is 0 Å². The van der Waals surface area contributed by atoms with Crippen LogP contribution in [0.4, 0.5) is 8.78 Å². The number of rotatable bonds is 6. The summed E-state index contributed by atoms with van der Waals surface area (Å²) < 4.78 is 31.6. The van der Waals surface area contributed by atoms with E-state index in [-0.39, 0.29) is 5.82 Å². The molecule has 2 rings (SSSR count). The zero-order chi connectivity index (χ0) is 13.5. The Labute approximate surface area is 112 Å². The highest BCUT2D eigenvalue weighted by Gasteiger charge is 2.09. The van der Waals surface area contributed by atoms with Gasteiger partial charge < -0.3 is 10.1 Å². The molecule has 1 heterocycles. The van der Waals surface area contributed by atoms with Crippen LogP contribution in [0.5, 0.6) is 0 Å². The van der Waals surface area contributed by atoms with Crippen molar-refractivity contribution in [2.24, 2.45) is 0 Å². The summed E-state index contributed by atoms with van der Waals surface area (Å²) in [6, 6.07) is 3.54. The fraction of sp³-hybridized carbons (Fsp3) is 0.571. The number of nitrogens with one attached hydrogen (secondary N) is 1. The lowest BCUT2D eigenvalue weighted by Gasteiger charge is -2.26. The topological polar surface area (TPSA) is 24.5 Å². The third kappa shape index (κ3) is 4.86. The van der Waals surface area contributed by atoms with Crippen LogP contribution >= 0.6 is 0 Å². The second-order valence-corrected chi connectivity index (χ2v) is 4.72. The molecule has 0 radical (unpaired) electrons. The van der Waals surface area contributed by atoms with E-state index in [4.69, 9.17) is 4.74 Å². The summed E-state index contributed by atoms with van der Waals surface area (Å²) in [5, 5.41) is 3.14. The van der Waals surface area contributed by atoms with E-state index < -0.39 is 5.82 Å². The standard InChI is InChI=1S/C14H20F2N2O/c15-13-2-3-14(16)12(10-13)11-17-4-1-5-18-6-8-19-9-7-18/h2-3,10,17H,1,4-9,11H2. The highest BCUT2D eigenvalue weighted by Crippen LogP contribution is 2.09. The molecule has 1 aliphatic heterocycles. The highest BCUT2D eigenvalue weighted by molar-refractivity contribution is 5.18. The molecule has 0 aromatic heterocycles. The molecule has 0 aliphatic carbocycles. The van der Waals surface area contributed by atoms with Gasteiger partial charge in [0.2, 0.25) is 0 Å². The van der Waals surface area contributed by atoms with Gasteiger partial charge in [-0.15, -0.1) is 0 Å². The Morgan fingerprint density at radius 1 is 1.21 bits per heavy atom.